The summed E-state index contributed by atoms with van der Waals surface area (Å²) in [5, 5.41) is 3.03. The number of benzene rings is 2. The quantitative estimate of drug-likeness (QED) is 0.671. The summed E-state index contributed by atoms with van der Waals surface area (Å²) in [4.78, 5) is 24.7. The number of aryl methyl sites for hydroxylation is 1. The minimum Gasteiger partial charge on any atom is -0.353 e. The van der Waals surface area contributed by atoms with Crippen LogP contribution in [0.2, 0.25) is 0 Å². The van der Waals surface area contributed by atoms with Crippen molar-refractivity contribution in [3.63, 3.8) is 0 Å². The lowest BCUT2D eigenvalue weighted by molar-refractivity contribution is 0.0950. The van der Waals surface area contributed by atoms with E-state index in [-0.39, 0.29) is 5.91 Å². The first-order valence-electron chi connectivity index (χ1n) is 10.6. The van der Waals surface area contributed by atoms with Crippen molar-refractivity contribution in [1.82, 2.24) is 15.3 Å². The van der Waals surface area contributed by atoms with Gasteiger partial charge in [-0.05, 0) is 38.7 Å². The van der Waals surface area contributed by atoms with Crippen LogP contribution in [0.1, 0.15) is 47.7 Å². The van der Waals surface area contributed by atoms with E-state index in [1.807, 2.05) is 42.5 Å². The van der Waals surface area contributed by atoms with Gasteiger partial charge in [-0.1, -0.05) is 60.2 Å². The Morgan fingerprint density at radius 2 is 1.87 bits per heavy atom. The molecule has 0 saturated carbocycles. The summed E-state index contributed by atoms with van der Waals surface area (Å²) in [6.07, 6.45) is 5.11. The van der Waals surface area contributed by atoms with E-state index < -0.39 is 0 Å². The summed E-state index contributed by atoms with van der Waals surface area (Å²) < 4.78 is 0. The molecule has 2 heterocycles. The Balaban J connectivity index is 1.65. The van der Waals surface area contributed by atoms with Gasteiger partial charge in [-0.2, -0.15) is 0 Å². The van der Waals surface area contributed by atoms with Crippen molar-refractivity contribution in [2.24, 2.45) is 0 Å². The van der Waals surface area contributed by atoms with E-state index in [1.54, 1.807) is 6.20 Å². The fourth-order valence-corrected chi connectivity index (χ4v) is 3.88. The third kappa shape index (κ3) is 4.51. The first kappa shape index (κ1) is 20.1. The second-order valence-corrected chi connectivity index (χ2v) is 8.00. The maximum Gasteiger partial charge on any atom is 0.256 e. The van der Waals surface area contributed by atoms with Crippen LogP contribution in [0.15, 0.2) is 60.8 Å². The average molecular weight is 401 g/mol. The highest BCUT2D eigenvalue weighted by molar-refractivity contribution is 5.99. The predicted molar refractivity (Wildman–Crippen MR) is 120 cm³/mol. The largest absolute Gasteiger partial charge is 0.353 e. The van der Waals surface area contributed by atoms with E-state index in [0.717, 1.165) is 36.3 Å². The highest BCUT2D eigenvalue weighted by Gasteiger charge is 2.26. The first-order chi connectivity index (χ1) is 14.6. The molecule has 3 aromatic rings. The van der Waals surface area contributed by atoms with Gasteiger partial charge in [0.1, 0.15) is 11.4 Å². The SMILES string of the molecule is Cc1ccc(-c2ncc(C(=O)NCc3ccccc3)c(N3CCCCC3C)n2)cc1. The number of anilines is 1. The maximum absolute atomic E-state index is 13.1. The third-order valence-corrected chi connectivity index (χ3v) is 5.69. The molecule has 4 rings (SSSR count). The zero-order valence-corrected chi connectivity index (χ0v) is 17.6. The number of piperidine rings is 1. The standard InChI is InChI=1S/C25H28N4O/c1-18-11-13-21(14-12-18)23-26-17-22(24(28-23)29-15-7-6-8-19(29)2)25(30)27-16-20-9-4-3-5-10-20/h3-5,9-14,17,19H,6-8,15-16H2,1-2H3,(H,27,30). The molecule has 1 atom stereocenters. The van der Waals surface area contributed by atoms with Crippen LogP contribution in [0, 0.1) is 6.92 Å². The van der Waals surface area contributed by atoms with Crippen LogP contribution >= 0.6 is 0 Å². The number of carbonyl (C=O) groups is 1. The molecule has 0 spiro atoms. The number of hydrogen-bond donors (Lipinski definition) is 1. The Morgan fingerprint density at radius 3 is 2.60 bits per heavy atom. The Bertz CT molecular complexity index is 1000. The molecule has 1 N–H and O–H groups in total. The van der Waals surface area contributed by atoms with Crippen LogP contribution < -0.4 is 10.2 Å². The van der Waals surface area contributed by atoms with Crippen LogP contribution in [-0.4, -0.2) is 28.5 Å². The summed E-state index contributed by atoms with van der Waals surface area (Å²) in [7, 11) is 0. The molecule has 1 aromatic heterocycles. The number of nitrogens with one attached hydrogen (secondary N) is 1. The smallest absolute Gasteiger partial charge is 0.256 e. The molecule has 1 unspecified atom stereocenters. The molecule has 154 valence electrons. The van der Waals surface area contributed by atoms with Crippen LogP contribution in [0.5, 0.6) is 0 Å². The lowest BCUT2D eigenvalue weighted by Crippen LogP contribution is -2.40. The Labute approximate surface area is 178 Å². The highest BCUT2D eigenvalue weighted by Crippen LogP contribution is 2.28. The van der Waals surface area contributed by atoms with E-state index >= 15 is 0 Å². The van der Waals surface area contributed by atoms with Crippen molar-refractivity contribution >= 4 is 11.7 Å². The number of carbonyl (C=O) groups excluding carboxylic acids is 1. The van der Waals surface area contributed by atoms with Gasteiger partial charge in [-0.15, -0.1) is 0 Å². The second-order valence-electron chi connectivity index (χ2n) is 8.00. The van der Waals surface area contributed by atoms with Gasteiger partial charge in [0.15, 0.2) is 5.82 Å². The number of amides is 1. The van der Waals surface area contributed by atoms with Crippen molar-refractivity contribution in [2.45, 2.75) is 45.7 Å². The van der Waals surface area contributed by atoms with Gasteiger partial charge in [-0.3, -0.25) is 4.79 Å². The van der Waals surface area contributed by atoms with Crippen LogP contribution in [0.4, 0.5) is 5.82 Å². The average Bonchev–Trinajstić information content (AvgIpc) is 2.79. The van der Waals surface area contributed by atoms with E-state index in [1.165, 1.54) is 12.0 Å². The highest BCUT2D eigenvalue weighted by atomic mass is 16.1. The van der Waals surface area contributed by atoms with Gasteiger partial charge >= 0.3 is 0 Å². The van der Waals surface area contributed by atoms with Crippen LogP contribution in [-0.2, 0) is 6.54 Å². The van der Waals surface area contributed by atoms with Crippen molar-refractivity contribution in [3.05, 3.63) is 77.5 Å². The molecule has 1 saturated heterocycles. The zero-order valence-electron chi connectivity index (χ0n) is 17.6. The van der Waals surface area contributed by atoms with E-state index in [0.29, 0.717) is 24.0 Å². The summed E-state index contributed by atoms with van der Waals surface area (Å²) in [6, 6.07) is 18.5. The van der Waals surface area contributed by atoms with Gasteiger partial charge in [0.05, 0.1) is 0 Å². The molecule has 1 aliphatic rings. The second kappa shape index (κ2) is 9.08. The predicted octanol–water partition coefficient (Wildman–Crippen LogP) is 4.76. The molecule has 30 heavy (non-hydrogen) atoms. The van der Waals surface area contributed by atoms with Crippen LogP contribution in [0.25, 0.3) is 11.4 Å². The van der Waals surface area contributed by atoms with Crippen molar-refractivity contribution in [2.75, 3.05) is 11.4 Å². The minimum absolute atomic E-state index is 0.137. The molecule has 2 aromatic carbocycles. The van der Waals surface area contributed by atoms with Gasteiger partial charge < -0.3 is 10.2 Å². The third-order valence-electron chi connectivity index (χ3n) is 5.69. The molecule has 0 bridgehead atoms. The summed E-state index contributed by atoms with van der Waals surface area (Å²) in [6.45, 7) is 5.66. The van der Waals surface area contributed by atoms with Gasteiger partial charge in [0, 0.05) is 30.9 Å². The molecule has 1 aliphatic heterocycles. The summed E-state index contributed by atoms with van der Waals surface area (Å²) in [5.74, 6) is 1.25. The van der Waals surface area contributed by atoms with Crippen LogP contribution in [0.3, 0.4) is 0 Å². The van der Waals surface area contributed by atoms with Gasteiger partial charge in [-0.25, -0.2) is 9.97 Å². The van der Waals surface area contributed by atoms with Crippen molar-refractivity contribution in [1.29, 1.82) is 0 Å². The topological polar surface area (TPSA) is 58.1 Å². The molecule has 0 radical (unpaired) electrons. The number of rotatable bonds is 5. The van der Waals surface area contributed by atoms with Crippen molar-refractivity contribution < 1.29 is 4.79 Å². The maximum atomic E-state index is 13.1. The van der Waals surface area contributed by atoms with Gasteiger partial charge in [0.25, 0.3) is 5.91 Å². The molecule has 1 fully saturated rings. The lowest BCUT2D eigenvalue weighted by atomic mass is 10.0. The monoisotopic (exact) mass is 400 g/mol. The normalized spacial score (nSPS) is 16.3. The molecular weight excluding hydrogens is 372 g/mol. The molecule has 5 heteroatoms. The molecule has 0 aliphatic carbocycles. The Morgan fingerprint density at radius 1 is 1.10 bits per heavy atom. The van der Waals surface area contributed by atoms with Gasteiger partial charge in [0.2, 0.25) is 0 Å². The van der Waals surface area contributed by atoms with E-state index in [9.17, 15) is 4.79 Å². The fraction of sp³-hybridized carbons (Fsp3) is 0.320. The first-order valence-corrected chi connectivity index (χ1v) is 10.6. The zero-order chi connectivity index (χ0) is 20.9. The molecule has 5 nitrogen and oxygen atoms in total. The number of nitrogens with zero attached hydrogens (tertiary/aromatic N) is 3. The number of hydrogen-bond acceptors (Lipinski definition) is 4. The van der Waals surface area contributed by atoms with E-state index in [2.05, 4.69) is 41.2 Å². The Kier molecular flexibility index (Phi) is 6.07. The minimum atomic E-state index is -0.137. The summed E-state index contributed by atoms with van der Waals surface area (Å²) >= 11 is 0. The summed E-state index contributed by atoms with van der Waals surface area (Å²) in [5.41, 5.74) is 3.76. The lowest BCUT2D eigenvalue weighted by Gasteiger charge is -2.35. The Hall–Kier alpha value is -3.21. The number of aromatic nitrogens is 2. The van der Waals surface area contributed by atoms with E-state index in [4.69, 9.17) is 4.98 Å². The molecule has 1 amide bonds. The molecular formula is C25H28N4O. The van der Waals surface area contributed by atoms with Crippen molar-refractivity contribution in [3.8, 4) is 11.4 Å². The fourth-order valence-electron chi connectivity index (χ4n) is 3.88.